The molecule has 0 bridgehead atoms. The van der Waals surface area contributed by atoms with Crippen molar-refractivity contribution >= 4 is 14.0 Å². The van der Waals surface area contributed by atoms with Gasteiger partial charge in [-0.3, -0.25) is 0 Å². The summed E-state index contributed by atoms with van der Waals surface area (Å²) in [6.45, 7) is 0. The normalized spacial score (nSPS) is 12.5. The molecule has 0 rings (SSSR count). The fraction of sp³-hybridized carbons (Fsp3) is 0. The molecular formula is CH2IN6OS-. The average molecular weight is 273 g/mol. The maximum atomic E-state index is 9.24. The summed E-state index contributed by atoms with van der Waals surface area (Å²) in [5.74, 6) is 0. The van der Waals surface area contributed by atoms with Gasteiger partial charge in [-0.25, -0.2) is 0 Å². The van der Waals surface area contributed by atoms with E-state index in [-0.39, 0.29) is 19.8 Å². The first-order chi connectivity index (χ1) is 4.91. The van der Waals surface area contributed by atoms with Gasteiger partial charge in [-0.15, -0.1) is 0 Å². The average Bonchev–Trinajstić information content (AvgIpc) is 1.97. The van der Waals surface area contributed by atoms with Crippen molar-refractivity contribution in [2.24, 2.45) is 31.3 Å². The molecule has 0 amide bonds. The molecule has 0 heterocycles. The molecule has 0 radical (unpaired) electrons. The van der Waals surface area contributed by atoms with Gasteiger partial charge in [-0.05, 0) is 0 Å². The summed E-state index contributed by atoms with van der Waals surface area (Å²) in [7, 11) is 3.90. The Bertz CT molecular complexity index is 165. The van der Waals surface area contributed by atoms with Crippen molar-refractivity contribution in [2.45, 2.75) is 0 Å². The van der Waals surface area contributed by atoms with Crippen molar-refractivity contribution in [3.05, 3.63) is 4.91 Å². The summed E-state index contributed by atoms with van der Waals surface area (Å²) in [5, 5.41) is 17.0. The van der Waals surface area contributed by atoms with E-state index in [0.29, 0.717) is 0 Å². The van der Waals surface area contributed by atoms with Crippen LogP contribution in [0.3, 0.4) is 0 Å². The topological polar surface area (TPSA) is 91.2 Å². The molecule has 0 saturated heterocycles. The van der Waals surface area contributed by atoms with Crippen LogP contribution in [0.25, 0.3) is 0 Å². The summed E-state index contributed by atoms with van der Waals surface area (Å²) in [5.41, 5.74) is 0. The van der Waals surface area contributed by atoms with Crippen molar-refractivity contribution in [3.63, 3.8) is 0 Å². The fourth-order valence-corrected chi connectivity index (χ4v) is 0.599. The molecule has 0 aromatic heterocycles. The quantitative estimate of drug-likeness (QED) is 0.163. The van der Waals surface area contributed by atoms with Crippen LogP contribution in [0.1, 0.15) is 0 Å². The third-order valence-electron chi connectivity index (χ3n) is 0.295. The van der Waals surface area contributed by atoms with E-state index in [2.05, 4.69) is 35.8 Å². The summed E-state index contributed by atoms with van der Waals surface area (Å²) in [4.78, 5) is 9.24. The molecule has 0 saturated carbocycles. The van der Waals surface area contributed by atoms with Gasteiger partial charge in [0.2, 0.25) is 0 Å². The maximum absolute atomic E-state index is 9.24. The number of hydrogen-bond acceptors (Lipinski definition) is 3. The molecule has 0 aliphatic carbocycles. The number of thiol groups is 1. The zero-order valence-corrected chi connectivity index (χ0v) is 7.55. The molecule has 0 aromatic carbocycles. The Morgan fingerprint density at radius 3 is 2.50 bits per heavy atom. The van der Waals surface area contributed by atoms with Gasteiger partial charge in [-0.2, -0.15) is 0 Å². The summed E-state index contributed by atoms with van der Waals surface area (Å²) >= 11 is -0.327. The van der Waals surface area contributed by atoms with Crippen LogP contribution in [0.4, 0.5) is 0 Å². The predicted molar refractivity (Wildman–Crippen MR) is 33.0 cm³/mol. The SMILES string of the molecule is O=N/N=N/N=N/N=C/[I-]S. The molecular weight excluding hydrogens is 271 g/mol. The Labute approximate surface area is 70.1 Å². The van der Waals surface area contributed by atoms with E-state index >= 15 is 0 Å². The van der Waals surface area contributed by atoms with Crippen LogP contribution in [0, 0.1) is 4.91 Å². The second-order valence-electron chi connectivity index (χ2n) is 0.750. The van der Waals surface area contributed by atoms with Gasteiger partial charge in [0, 0.05) is 0 Å². The first-order valence-electron chi connectivity index (χ1n) is 1.83. The van der Waals surface area contributed by atoms with Crippen LogP contribution in [-0.4, -0.2) is 4.22 Å². The van der Waals surface area contributed by atoms with Crippen LogP contribution >= 0.6 is 9.80 Å². The van der Waals surface area contributed by atoms with E-state index < -0.39 is 0 Å². The zero-order chi connectivity index (χ0) is 7.66. The Morgan fingerprint density at radius 2 is 1.90 bits per heavy atom. The van der Waals surface area contributed by atoms with Crippen LogP contribution in [0.5, 0.6) is 0 Å². The summed E-state index contributed by atoms with van der Waals surface area (Å²) < 4.78 is 1.51. The Hall–Kier alpha value is -0.450. The molecule has 0 spiro atoms. The molecule has 0 aromatic rings. The minimum atomic E-state index is -0.327. The van der Waals surface area contributed by atoms with Gasteiger partial charge in [-0.1, -0.05) is 0 Å². The zero-order valence-electron chi connectivity index (χ0n) is 4.49. The Balaban J connectivity index is 3.46. The molecule has 0 N–H and O–H groups in total. The van der Waals surface area contributed by atoms with Crippen LogP contribution in [0.15, 0.2) is 31.3 Å². The van der Waals surface area contributed by atoms with Crippen LogP contribution in [0.2, 0.25) is 0 Å². The standard InChI is InChI=1S/CH2IN6OS/c9-8-7-6-5-4-3-1-2-10/h1,10H/q-1/b3-1+,5-4+,7-6+. The molecule has 9 heteroatoms. The van der Waals surface area contributed by atoms with E-state index in [4.69, 9.17) is 0 Å². The Morgan fingerprint density at radius 1 is 1.20 bits per heavy atom. The first kappa shape index (κ1) is 9.55. The van der Waals surface area contributed by atoms with E-state index in [9.17, 15) is 4.91 Å². The molecule has 10 heavy (non-hydrogen) atoms. The van der Waals surface area contributed by atoms with Crippen LogP contribution in [-0.2, 0) is 0 Å². The molecule has 0 aliphatic rings. The summed E-state index contributed by atoms with van der Waals surface area (Å²) in [6, 6.07) is 0. The number of halogens is 1. The number of nitrogens with zero attached hydrogens (tertiary/aromatic N) is 6. The van der Waals surface area contributed by atoms with Gasteiger partial charge in [0.1, 0.15) is 0 Å². The van der Waals surface area contributed by atoms with Crippen LogP contribution < -0.4 is 19.8 Å². The number of rotatable bonds is 4. The third-order valence-corrected chi connectivity index (χ3v) is 1.38. The minimum absolute atomic E-state index is 0.327. The molecule has 0 atom stereocenters. The van der Waals surface area contributed by atoms with Crippen molar-refractivity contribution < 1.29 is 19.8 Å². The van der Waals surface area contributed by atoms with E-state index in [0.717, 1.165) is 0 Å². The molecule has 0 fully saturated rings. The van der Waals surface area contributed by atoms with E-state index in [1.165, 1.54) is 4.22 Å². The Kier molecular flexibility index (Phi) is 8.17. The van der Waals surface area contributed by atoms with Crippen molar-refractivity contribution in [3.8, 4) is 0 Å². The molecule has 7 nitrogen and oxygen atoms in total. The van der Waals surface area contributed by atoms with Crippen molar-refractivity contribution in [1.82, 2.24) is 0 Å². The second kappa shape index (κ2) is 8.55. The third kappa shape index (κ3) is 7.55. The van der Waals surface area contributed by atoms with Crippen molar-refractivity contribution in [2.75, 3.05) is 0 Å². The van der Waals surface area contributed by atoms with Gasteiger partial charge >= 0.3 is 70.0 Å². The molecule has 56 valence electrons. The predicted octanol–water partition coefficient (Wildman–Crippen LogP) is -1.64. The molecule has 0 aliphatic heterocycles. The van der Waals surface area contributed by atoms with Gasteiger partial charge < -0.3 is 0 Å². The van der Waals surface area contributed by atoms with Gasteiger partial charge in [0.05, 0.1) is 0 Å². The van der Waals surface area contributed by atoms with Gasteiger partial charge in [0.25, 0.3) is 0 Å². The fourth-order valence-electron chi connectivity index (χ4n) is 0.114. The monoisotopic (exact) mass is 273 g/mol. The molecule has 0 unspecified atom stereocenters. The van der Waals surface area contributed by atoms with E-state index in [1.807, 2.05) is 5.29 Å². The summed E-state index contributed by atoms with van der Waals surface area (Å²) in [6.07, 6.45) is 0. The van der Waals surface area contributed by atoms with Gasteiger partial charge in [0.15, 0.2) is 0 Å². The van der Waals surface area contributed by atoms with Crippen molar-refractivity contribution in [1.29, 1.82) is 0 Å². The second-order valence-corrected chi connectivity index (χ2v) is 3.17. The number of hydrogen-bond donors (Lipinski definition) is 1. The first-order valence-corrected chi connectivity index (χ1v) is 6.31. The van der Waals surface area contributed by atoms with E-state index in [1.54, 1.807) is 0 Å². The number of nitroso groups, excluding NO2 is 1.